The Balaban J connectivity index is 2.85. The highest BCUT2D eigenvalue weighted by atomic mass is 32.1. The first kappa shape index (κ1) is 6.03. The lowest BCUT2D eigenvalue weighted by molar-refractivity contribution is 0.322. The minimum Gasteiger partial charge on any atom is -0.411 e. The molecule has 5 heteroatoms. The van der Waals surface area contributed by atoms with E-state index < -0.39 is 0 Å². The Hall–Kier alpha value is -1.10. The van der Waals surface area contributed by atoms with Crippen molar-refractivity contribution >= 4 is 22.7 Å². The van der Waals surface area contributed by atoms with Crippen molar-refractivity contribution in [1.29, 1.82) is 0 Å². The van der Waals surface area contributed by atoms with Crippen molar-refractivity contribution in [2.24, 2.45) is 5.16 Å². The molecule has 0 bridgehead atoms. The van der Waals surface area contributed by atoms with Gasteiger partial charge in [0.1, 0.15) is 0 Å². The van der Waals surface area contributed by atoms with Crippen molar-refractivity contribution in [2.45, 2.75) is 0 Å². The number of nitrogen functional groups attached to an aromatic ring is 1. The lowest BCUT2D eigenvalue weighted by Crippen LogP contribution is -1.77. The van der Waals surface area contributed by atoms with Crippen molar-refractivity contribution < 1.29 is 5.21 Å². The first-order valence-electron chi connectivity index (χ1n) is 2.21. The highest BCUT2D eigenvalue weighted by Gasteiger charge is 1.92. The monoisotopic (exact) mass is 143 g/mol. The van der Waals surface area contributed by atoms with Crippen LogP contribution in [0.4, 0.5) is 5.13 Å². The molecule has 1 heterocycles. The number of oxime groups is 1. The quantitative estimate of drug-likeness (QED) is 0.342. The molecule has 0 atom stereocenters. The van der Waals surface area contributed by atoms with Crippen molar-refractivity contribution in [3.8, 4) is 0 Å². The predicted octanol–water partition coefficient (Wildman–Crippen LogP) is 0.533. The minimum atomic E-state index is 0.477. The smallest absolute Gasteiger partial charge is 0.180 e. The summed E-state index contributed by atoms with van der Waals surface area (Å²) in [5.74, 6) is 0. The van der Waals surface area contributed by atoms with E-state index in [9.17, 15) is 0 Å². The summed E-state index contributed by atoms with van der Waals surface area (Å²) in [6.07, 6.45) is 2.83. The normalized spacial score (nSPS) is 10.7. The van der Waals surface area contributed by atoms with Gasteiger partial charge in [0.15, 0.2) is 5.13 Å². The van der Waals surface area contributed by atoms with E-state index in [1.807, 2.05) is 0 Å². The van der Waals surface area contributed by atoms with Crippen LogP contribution >= 0.6 is 11.3 Å². The summed E-state index contributed by atoms with van der Waals surface area (Å²) in [4.78, 5) is 4.47. The first-order chi connectivity index (χ1) is 4.33. The number of hydrogen-bond donors (Lipinski definition) is 2. The highest BCUT2D eigenvalue weighted by Crippen LogP contribution is 2.10. The number of anilines is 1. The van der Waals surface area contributed by atoms with Gasteiger partial charge in [-0.25, -0.2) is 4.98 Å². The maximum absolute atomic E-state index is 8.04. The molecule has 0 saturated carbocycles. The van der Waals surface area contributed by atoms with Crippen molar-refractivity contribution in [1.82, 2.24) is 4.98 Å². The Morgan fingerprint density at radius 2 is 2.67 bits per heavy atom. The second kappa shape index (κ2) is 2.45. The number of thiazole rings is 1. The van der Waals surface area contributed by atoms with E-state index in [1.54, 1.807) is 6.20 Å². The Morgan fingerprint density at radius 3 is 3.11 bits per heavy atom. The fourth-order valence-corrected chi connectivity index (χ4v) is 0.969. The lowest BCUT2D eigenvalue weighted by atomic mass is 10.6. The largest absolute Gasteiger partial charge is 0.411 e. The molecule has 0 aliphatic rings. The maximum atomic E-state index is 8.04. The Morgan fingerprint density at radius 1 is 1.89 bits per heavy atom. The molecule has 0 aromatic carbocycles. The number of nitrogens with two attached hydrogens (primary N) is 1. The average Bonchev–Trinajstić information content (AvgIpc) is 2.17. The van der Waals surface area contributed by atoms with E-state index >= 15 is 0 Å². The second-order valence-electron chi connectivity index (χ2n) is 1.35. The fourth-order valence-electron chi connectivity index (χ4n) is 0.417. The van der Waals surface area contributed by atoms with E-state index in [1.165, 1.54) is 17.6 Å². The molecule has 1 rings (SSSR count). The van der Waals surface area contributed by atoms with Crippen molar-refractivity contribution in [2.75, 3.05) is 5.73 Å². The third-order valence-corrected chi connectivity index (χ3v) is 1.49. The van der Waals surface area contributed by atoms with Crippen molar-refractivity contribution in [3.63, 3.8) is 0 Å². The average molecular weight is 143 g/mol. The zero-order valence-corrected chi connectivity index (χ0v) is 5.30. The van der Waals surface area contributed by atoms with Gasteiger partial charge in [0, 0.05) is 6.20 Å². The molecule has 1 aromatic heterocycles. The predicted molar refractivity (Wildman–Crippen MR) is 35.9 cm³/mol. The van der Waals surface area contributed by atoms with Crippen LogP contribution in [0, 0.1) is 0 Å². The van der Waals surface area contributed by atoms with Crippen LogP contribution in [-0.4, -0.2) is 16.4 Å². The minimum absolute atomic E-state index is 0.477. The molecule has 0 unspecified atom stereocenters. The third-order valence-electron chi connectivity index (χ3n) is 0.726. The van der Waals surface area contributed by atoms with E-state index in [4.69, 9.17) is 10.9 Å². The van der Waals surface area contributed by atoms with Crippen LogP contribution in [0.3, 0.4) is 0 Å². The number of hydrogen-bond acceptors (Lipinski definition) is 5. The summed E-state index contributed by atoms with van der Waals surface area (Å²) in [5, 5.41) is 11.3. The number of aromatic nitrogens is 1. The third kappa shape index (κ3) is 1.39. The first-order valence-corrected chi connectivity index (χ1v) is 3.03. The van der Waals surface area contributed by atoms with E-state index in [0.717, 1.165) is 4.88 Å². The van der Waals surface area contributed by atoms with Crippen LogP contribution in [0.15, 0.2) is 11.4 Å². The van der Waals surface area contributed by atoms with Crippen LogP contribution in [0.2, 0.25) is 0 Å². The summed E-state index contributed by atoms with van der Waals surface area (Å²) in [5.41, 5.74) is 5.27. The van der Waals surface area contributed by atoms with Crippen LogP contribution in [0.1, 0.15) is 4.88 Å². The summed E-state index contributed by atoms with van der Waals surface area (Å²) in [7, 11) is 0. The SMILES string of the molecule is Nc1ncc(/C=N\O)s1. The molecule has 0 fully saturated rings. The van der Waals surface area contributed by atoms with Gasteiger partial charge in [-0.3, -0.25) is 0 Å². The van der Waals surface area contributed by atoms with Gasteiger partial charge in [0.25, 0.3) is 0 Å². The van der Waals surface area contributed by atoms with Crippen LogP contribution in [0.25, 0.3) is 0 Å². The van der Waals surface area contributed by atoms with E-state index in [2.05, 4.69) is 10.1 Å². The highest BCUT2D eigenvalue weighted by molar-refractivity contribution is 7.16. The molecule has 0 spiro atoms. The van der Waals surface area contributed by atoms with Crippen LogP contribution in [-0.2, 0) is 0 Å². The Kier molecular flexibility index (Phi) is 1.64. The van der Waals surface area contributed by atoms with Crippen LogP contribution < -0.4 is 5.73 Å². The Labute approximate surface area is 55.6 Å². The molecule has 3 N–H and O–H groups in total. The zero-order chi connectivity index (χ0) is 6.69. The lowest BCUT2D eigenvalue weighted by Gasteiger charge is -1.73. The van der Waals surface area contributed by atoms with Gasteiger partial charge in [-0.05, 0) is 0 Å². The number of nitrogens with zero attached hydrogens (tertiary/aromatic N) is 2. The molecule has 0 aliphatic heterocycles. The molecule has 4 nitrogen and oxygen atoms in total. The van der Waals surface area contributed by atoms with Gasteiger partial charge in [0.2, 0.25) is 0 Å². The van der Waals surface area contributed by atoms with E-state index in [0.29, 0.717) is 5.13 Å². The maximum Gasteiger partial charge on any atom is 0.180 e. The zero-order valence-electron chi connectivity index (χ0n) is 4.48. The topological polar surface area (TPSA) is 71.5 Å². The summed E-state index contributed by atoms with van der Waals surface area (Å²) < 4.78 is 0. The van der Waals surface area contributed by atoms with Gasteiger partial charge >= 0.3 is 0 Å². The second-order valence-corrected chi connectivity index (χ2v) is 2.44. The molecular formula is C4H5N3OS. The fraction of sp³-hybridized carbons (Fsp3) is 0. The van der Waals surface area contributed by atoms with Gasteiger partial charge < -0.3 is 10.9 Å². The molecular weight excluding hydrogens is 138 g/mol. The number of rotatable bonds is 1. The molecule has 0 saturated heterocycles. The standard InChI is InChI=1S/C4H5N3OS/c5-4-6-1-3(9-4)2-7-8/h1-2,8H,(H2,5,6)/b7-2-. The van der Waals surface area contributed by atoms with Gasteiger partial charge in [-0.1, -0.05) is 16.5 Å². The molecule has 9 heavy (non-hydrogen) atoms. The summed E-state index contributed by atoms with van der Waals surface area (Å²) >= 11 is 1.27. The summed E-state index contributed by atoms with van der Waals surface area (Å²) in [6.45, 7) is 0. The molecule has 0 aliphatic carbocycles. The molecule has 0 amide bonds. The molecule has 0 radical (unpaired) electrons. The van der Waals surface area contributed by atoms with Crippen molar-refractivity contribution in [3.05, 3.63) is 11.1 Å². The van der Waals surface area contributed by atoms with Crippen LogP contribution in [0.5, 0.6) is 0 Å². The van der Waals surface area contributed by atoms with Gasteiger partial charge in [-0.15, -0.1) is 0 Å². The molecule has 1 aromatic rings. The van der Waals surface area contributed by atoms with Gasteiger partial charge in [-0.2, -0.15) is 0 Å². The van der Waals surface area contributed by atoms with E-state index in [-0.39, 0.29) is 0 Å². The Bertz CT molecular complexity index is 219. The molecule has 48 valence electrons. The summed E-state index contributed by atoms with van der Waals surface area (Å²) in [6, 6.07) is 0. The van der Waals surface area contributed by atoms with Gasteiger partial charge in [0.05, 0.1) is 11.1 Å².